The predicted octanol–water partition coefficient (Wildman–Crippen LogP) is 2.40. The highest BCUT2D eigenvalue weighted by molar-refractivity contribution is 5.75. The molecule has 3 nitrogen and oxygen atoms in total. The van der Waals surface area contributed by atoms with Gasteiger partial charge in [0.05, 0.1) is 17.5 Å². The molecule has 1 heterocycles. The molecule has 98 valence electrons. The number of nitrogens with zero attached hydrogens (tertiary/aromatic N) is 2. The highest BCUT2D eigenvalue weighted by Gasteiger charge is 2.30. The van der Waals surface area contributed by atoms with E-state index >= 15 is 0 Å². The molecule has 0 aliphatic rings. The fourth-order valence-electron chi connectivity index (χ4n) is 1.98. The summed E-state index contributed by atoms with van der Waals surface area (Å²) in [6.45, 7) is 0. The Morgan fingerprint density at radius 2 is 2.00 bits per heavy atom. The first-order valence-corrected chi connectivity index (χ1v) is 5.59. The number of alkyl halides is 3. The fourth-order valence-corrected chi connectivity index (χ4v) is 1.98. The molecule has 1 unspecified atom stereocenters. The summed E-state index contributed by atoms with van der Waals surface area (Å²) >= 11 is 0. The van der Waals surface area contributed by atoms with E-state index in [4.69, 9.17) is 5.73 Å². The van der Waals surface area contributed by atoms with E-state index in [1.165, 1.54) is 0 Å². The van der Waals surface area contributed by atoms with Crippen molar-refractivity contribution in [3.63, 3.8) is 0 Å². The van der Waals surface area contributed by atoms with Crippen LogP contribution < -0.4 is 5.73 Å². The van der Waals surface area contributed by atoms with Crippen molar-refractivity contribution in [1.29, 1.82) is 0 Å². The Morgan fingerprint density at radius 1 is 1.33 bits per heavy atom. The van der Waals surface area contributed by atoms with Crippen molar-refractivity contribution in [3.8, 4) is 0 Å². The molecular formula is C12H14F3N3. The van der Waals surface area contributed by atoms with Gasteiger partial charge in [0, 0.05) is 19.5 Å². The average molecular weight is 257 g/mol. The van der Waals surface area contributed by atoms with Crippen molar-refractivity contribution in [2.75, 3.05) is 0 Å². The second-order valence-corrected chi connectivity index (χ2v) is 4.36. The van der Waals surface area contributed by atoms with Crippen LogP contribution in [0.3, 0.4) is 0 Å². The van der Waals surface area contributed by atoms with Crippen LogP contribution in [0.25, 0.3) is 11.0 Å². The molecule has 0 radical (unpaired) electrons. The molecule has 2 rings (SSSR count). The summed E-state index contributed by atoms with van der Waals surface area (Å²) < 4.78 is 38.4. The Hall–Kier alpha value is -1.56. The number of hydrogen-bond donors (Lipinski definition) is 1. The third-order valence-electron chi connectivity index (χ3n) is 2.82. The summed E-state index contributed by atoms with van der Waals surface area (Å²) in [4.78, 5) is 4.30. The largest absolute Gasteiger partial charge is 0.390 e. The quantitative estimate of drug-likeness (QED) is 0.917. The number of hydrogen-bond acceptors (Lipinski definition) is 2. The molecule has 0 aliphatic heterocycles. The van der Waals surface area contributed by atoms with Gasteiger partial charge in [-0.05, 0) is 12.1 Å². The first-order valence-electron chi connectivity index (χ1n) is 5.59. The molecule has 2 N–H and O–H groups in total. The van der Waals surface area contributed by atoms with Gasteiger partial charge < -0.3 is 10.3 Å². The molecule has 0 amide bonds. The SMILES string of the molecule is Cn1c(CC(N)CC(F)(F)F)nc2ccccc21. The zero-order chi connectivity index (χ0) is 13.3. The highest BCUT2D eigenvalue weighted by Crippen LogP contribution is 2.23. The average Bonchev–Trinajstić information content (AvgIpc) is 2.54. The Bertz CT molecular complexity index is 545. The summed E-state index contributed by atoms with van der Waals surface area (Å²) in [6, 6.07) is 6.45. The molecular weight excluding hydrogens is 243 g/mol. The van der Waals surface area contributed by atoms with Gasteiger partial charge in [-0.2, -0.15) is 13.2 Å². The van der Waals surface area contributed by atoms with Crippen molar-refractivity contribution < 1.29 is 13.2 Å². The normalized spacial score (nSPS) is 14.1. The summed E-state index contributed by atoms with van der Waals surface area (Å²) in [7, 11) is 1.78. The Kier molecular flexibility index (Phi) is 3.30. The second-order valence-electron chi connectivity index (χ2n) is 4.36. The molecule has 2 aromatic rings. The summed E-state index contributed by atoms with van der Waals surface area (Å²) in [5.41, 5.74) is 7.18. The van der Waals surface area contributed by atoms with Crippen LogP contribution in [0.4, 0.5) is 13.2 Å². The topological polar surface area (TPSA) is 43.8 Å². The molecule has 0 bridgehead atoms. The van der Waals surface area contributed by atoms with E-state index in [9.17, 15) is 13.2 Å². The maximum atomic E-state index is 12.2. The molecule has 0 saturated heterocycles. The van der Waals surface area contributed by atoms with Gasteiger partial charge in [0.1, 0.15) is 5.82 Å². The second kappa shape index (κ2) is 4.61. The van der Waals surface area contributed by atoms with Crippen LogP contribution in [0.2, 0.25) is 0 Å². The molecule has 1 aromatic carbocycles. The zero-order valence-electron chi connectivity index (χ0n) is 9.91. The van der Waals surface area contributed by atoms with Crippen LogP contribution in [0.1, 0.15) is 12.2 Å². The van der Waals surface area contributed by atoms with Gasteiger partial charge in [-0.15, -0.1) is 0 Å². The standard InChI is InChI=1S/C12H14F3N3/c1-18-10-5-3-2-4-9(10)17-11(18)6-8(16)7-12(13,14)15/h2-5,8H,6-7,16H2,1H3. The van der Waals surface area contributed by atoms with Crippen molar-refractivity contribution in [2.24, 2.45) is 12.8 Å². The minimum atomic E-state index is -4.23. The molecule has 1 aromatic heterocycles. The monoisotopic (exact) mass is 257 g/mol. The first kappa shape index (κ1) is 12.9. The van der Waals surface area contributed by atoms with E-state index in [0.717, 1.165) is 11.0 Å². The number of imidazole rings is 1. The van der Waals surface area contributed by atoms with Crippen molar-refractivity contribution in [3.05, 3.63) is 30.1 Å². The van der Waals surface area contributed by atoms with Gasteiger partial charge in [-0.3, -0.25) is 0 Å². The van der Waals surface area contributed by atoms with Gasteiger partial charge in [-0.25, -0.2) is 4.98 Å². The number of fused-ring (bicyclic) bond motifs is 1. The van der Waals surface area contributed by atoms with E-state index < -0.39 is 18.6 Å². The zero-order valence-corrected chi connectivity index (χ0v) is 9.91. The minimum Gasteiger partial charge on any atom is -0.331 e. The van der Waals surface area contributed by atoms with Crippen molar-refractivity contribution in [2.45, 2.75) is 25.1 Å². The van der Waals surface area contributed by atoms with Crippen LogP contribution in [0.5, 0.6) is 0 Å². The van der Waals surface area contributed by atoms with Crippen LogP contribution in [0.15, 0.2) is 24.3 Å². The van der Waals surface area contributed by atoms with Crippen LogP contribution in [-0.4, -0.2) is 21.8 Å². The maximum absolute atomic E-state index is 12.2. The summed E-state index contributed by atoms with van der Waals surface area (Å²) in [5.74, 6) is 0.577. The Labute approximate surface area is 102 Å². The number of halogens is 3. The van der Waals surface area contributed by atoms with E-state index in [-0.39, 0.29) is 6.42 Å². The molecule has 1 atom stereocenters. The number of para-hydroxylation sites is 2. The van der Waals surface area contributed by atoms with Gasteiger partial charge in [-0.1, -0.05) is 12.1 Å². The van der Waals surface area contributed by atoms with Gasteiger partial charge in [0.25, 0.3) is 0 Å². The lowest BCUT2D eigenvalue weighted by atomic mass is 10.1. The molecule has 18 heavy (non-hydrogen) atoms. The summed E-state index contributed by atoms with van der Waals surface area (Å²) in [6.07, 6.45) is -5.11. The summed E-state index contributed by atoms with van der Waals surface area (Å²) in [5, 5.41) is 0. The highest BCUT2D eigenvalue weighted by atomic mass is 19.4. The predicted molar refractivity (Wildman–Crippen MR) is 63.1 cm³/mol. The number of benzene rings is 1. The van der Waals surface area contributed by atoms with E-state index in [1.807, 2.05) is 24.3 Å². The Balaban J connectivity index is 2.19. The van der Waals surface area contributed by atoms with Crippen molar-refractivity contribution >= 4 is 11.0 Å². The lowest BCUT2D eigenvalue weighted by Crippen LogP contribution is -2.30. The van der Waals surface area contributed by atoms with E-state index in [2.05, 4.69) is 4.98 Å². The van der Waals surface area contributed by atoms with Crippen LogP contribution in [0, 0.1) is 0 Å². The Morgan fingerprint density at radius 3 is 2.61 bits per heavy atom. The molecule has 0 spiro atoms. The smallest absolute Gasteiger partial charge is 0.331 e. The lowest BCUT2D eigenvalue weighted by Gasteiger charge is -2.13. The maximum Gasteiger partial charge on any atom is 0.390 e. The molecule has 0 aliphatic carbocycles. The van der Waals surface area contributed by atoms with Crippen LogP contribution in [-0.2, 0) is 13.5 Å². The van der Waals surface area contributed by atoms with E-state index in [0.29, 0.717) is 5.82 Å². The van der Waals surface area contributed by atoms with Crippen molar-refractivity contribution in [1.82, 2.24) is 9.55 Å². The first-order chi connectivity index (χ1) is 8.37. The molecule has 0 fully saturated rings. The number of rotatable bonds is 3. The van der Waals surface area contributed by atoms with Gasteiger partial charge in [0.2, 0.25) is 0 Å². The van der Waals surface area contributed by atoms with Gasteiger partial charge >= 0.3 is 6.18 Å². The van der Waals surface area contributed by atoms with Crippen LogP contribution >= 0.6 is 0 Å². The molecule has 0 saturated carbocycles. The molecule has 6 heteroatoms. The number of aryl methyl sites for hydroxylation is 1. The third-order valence-corrected chi connectivity index (χ3v) is 2.82. The van der Waals surface area contributed by atoms with Gasteiger partial charge in [0.15, 0.2) is 0 Å². The number of aromatic nitrogens is 2. The number of nitrogens with two attached hydrogens (primary N) is 1. The fraction of sp³-hybridized carbons (Fsp3) is 0.417. The lowest BCUT2D eigenvalue weighted by molar-refractivity contribution is -0.138. The third kappa shape index (κ3) is 2.81. The minimum absolute atomic E-state index is 0.116. The van der Waals surface area contributed by atoms with E-state index in [1.54, 1.807) is 11.6 Å².